The average Bonchev–Trinajstić information content (AvgIpc) is 3.23. The zero-order valence-corrected chi connectivity index (χ0v) is 15.5. The zero-order chi connectivity index (χ0) is 18.0. The number of hydrogen-bond donors (Lipinski definition) is 0. The Balaban J connectivity index is 1.56. The molecule has 25 heavy (non-hydrogen) atoms. The first-order valence-corrected chi connectivity index (χ1v) is 8.84. The van der Waals surface area contributed by atoms with Gasteiger partial charge < -0.3 is 9.32 Å². The fourth-order valence-electron chi connectivity index (χ4n) is 3.43. The average molecular weight is 345 g/mol. The van der Waals surface area contributed by atoms with Gasteiger partial charge in [0.25, 0.3) is 0 Å². The van der Waals surface area contributed by atoms with Crippen LogP contribution in [0.15, 0.2) is 16.5 Å². The van der Waals surface area contributed by atoms with Gasteiger partial charge in [-0.1, -0.05) is 0 Å². The summed E-state index contributed by atoms with van der Waals surface area (Å²) in [6.45, 7) is 8.49. The number of likely N-dealkylation sites (N-methyl/N-ethyl adjacent to an activating group) is 1. The summed E-state index contributed by atoms with van der Waals surface area (Å²) in [4.78, 5) is 21.0. The van der Waals surface area contributed by atoms with Crippen LogP contribution in [-0.4, -0.2) is 56.7 Å². The molecule has 2 aromatic heterocycles. The maximum Gasteiger partial charge on any atom is 0.236 e. The predicted octanol–water partition coefficient (Wildman–Crippen LogP) is 1.92. The molecule has 0 aliphatic carbocycles. The normalized spacial score (nSPS) is 18.0. The van der Waals surface area contributed by atoms with Crippen molar-refractivity contribution in [3.63, 3.8) is 0 Å². The lowest BCUT2D eigenvalue weighted by atomic mass is 10.2. The summed E-state index contributed by atoms with van der Waals surface area (Å²) in [5, 5.41) is 4.45. The molecule has 0 aromatic carbocycles. The first kappa shape index (κ1) is 17.7. The van der Waals surface area contributed by atoms with Crippen LogP contribution in [0.2, 0.25) is 0 Å². The molecule has 0 bridgehead atoms. The van der Waals surface area contributed by atoms with Crippen molar-refractivity contribution in [1.82, 2.24) is 24.6 Å². The van der Waals surface area contributed by atoms with Crippen LogP contribution in [0.25, 0.3) is 0 Å². The quantitative estimate of drug-likeness (QED) is 0.800. The molecule has 7 heteroatoms. The number of carbonyl (C=O) groups is 1. The van der Waals surface area contributed by atoms with Gasteiger partial charge in [0.15, 0.2) is 0 Å². The molecule has 1 aliphatic heterocycles. The van der Waals surface area contributed by atoms with Crippen molar-refractivity contribution < 1.29 is 9.21 Å². The van der Waals surface area contributed by atoms with Gasteiger partial charge in [-0.3, -0.25) is 9.69 Å². The lowest BCUT2D eigenvalue weighted by Gasteiger charge is -2.26. The molecule has 3 heterocycles. The largest absolute Gasteiger partial charge is 0.464 e. The monoisotopic (exact) mass is 345 g/mol. The third-order valence-electron chi connectivity index (χ3n) is 4.80. The van der Waals surface area contributed by atoms with E-state index in [1.54, 1.807) is 4.90 Å². The molecule has 136 valence electrons. The highest BCUT2D eigenvalue weighted by atomic mass is 16.3. The highest BCUT2D eigenvalue weighted by Crippen LogP contribution is 2.19. The summed E-state index contributed by atoms with van der Waals surface area (Å²) in [5.41, 5.74) is 0. The fourth-order valence-corrected chi connectivity index (χ4v) is 3.43. The molecule has 1 saturated heterocycles. The van der Waals surface area contributed by atoms with Crippen molar-refractivity contribution >= 4 is 5.91 Å². The van der Waals surface area contributed by atoms with Crippen LogP contribution in [-0.2, 0) is 17.9 Å². The molecule has 3 rings (SSSR count). The van der Waals surface area contributed by atoms with Crippen molar-refractivity contribution in [2.24, 2.45) is 0 Å². The smallest absolute Gasteiger partial charge is 0.236 e. The fraction of sp³-hybridized carbons (Fsp3) is 0.611. The van der Waals surface area contributed by atoms with Crippen LogP contribution in [0.4, 0.5) is 0 Å². The Morgan fingerprint density at radius 2 is 2.16 bits per heavy atom. The standard InChI is InChI=1S/C18H27N5O2/c1-13-7-8-17(25-13)11-21(4)18(24)12-22-9-5-6-16(22)10-23-15(3)19-14(2)20-23/h7-8,16H,5-6,9-12H2,1-4H3/t16-/m0/s1. The van der Waals surface area contributed by atoms with Crippen molar-refractivity contribution in [3.05, 3.63) is 35.3 Å². The van der Waals surface area contributed by atoms with Gasteiger partial charge in [0.1, 0.15) is 23.2 Å². The summed E-state index contributed by atoms with van der Waals surface area (Å²) < 4.78 is 7.52. The van der Waals surface area contributed by atoms with E-state index in [2.05, 4.69) is 15.0 Å². The predicted molar refractivity (Wildman–Crippen MR) is 94.0 cm³/mol. The van der Waals surface area contributed by atoms with Crippen LogP contribution >= 0.6 is 0 Å². The SMILES string of the molecule is Cc1nc(C)n(C[C@@H]2CCCN2CC(=O)N(C)Cc2ccc(C)o2)n1. The molecule has 0 radical (unpaired) electrons. The second kappa shape index (κ2) is 7.39. The van der Waals surface area contributed by atoms with Crippen LogP contribution in [0.5, 0.6) is 0 Å². The Kier molecular flexibility index (Phi) is 5.22. The molecule has 1 atom stereocenters. The van der Waals surface area contributed by atoms with Crippen molar-refractivity contribution in [2.75, 3.05) is 20.1 Å². The molecular weight excluding hydrogens is 318 g/mol. The van der Waals surface area contributed by atoms with Gasteiger partial charge >= 0.3 is 0 Å². The van der Waals surface area contributed by atoms with Crippen LogP contribution in [0.1, 0.15) is 36.0 Å². The van der Waals surface area contributed by atoms with Gasteiger partial charge in [-0.05, 0) is 52.3 Å². The molecule has 0 unspecified atom stereocenters. The molecular formula is C18H27N5O2. The van der Waals surface area contributed by atoms with Crippen LogP contribution < -0.4 is 0 Å². The molecule has 7 nitrogen and oxygen atoms in total. The van der Waals surface area contributed by atoms with E-state index in [1.165, 1.54) is 0 Å². The maximum absolute atomic E-state index is 12.6. The van der Waals surface area contributed by atoms with Gasteiger partial charge in [0.2, 0.25) is 5.91 Å². The Bertz CT molecular complexity index is 736. The second-order valence-corrected chi connectivity index (χ2v) is 6.92. The van der Waals surface area contributed by atoms with Gasteiger partial charge in [0, 0.05) is 13.1 Å². The first-order chi connectivity index (χ1) is 11.9. The van der Waals surface area contributed by atoms with Gasteiger partial charge in [-0.15, -0.1) is 0 Å². The number of furan rings is 1. The van der Waals surface area contributed by atoms with E-state index in [0.717, 1.165) is 49.1 Å². The number of likely N-dealkylation sites (tertiary alicyclic amines) is 1. The van der Waals surface area contributed by atoms with E-state index < -0.39 is 0 Å². The van der Waals surface area contributed by atoms with Crippen LogP contribution in [0, 0.1) is 20.8 Å². The second-order valence-electron chi connectivity index (χ2n) is 6.92. The van der Waals surface area contributed by atoms with E-state index in [0.29, 0.717) is 19.1 Å². The van der Waals surface area contributed by atoms with Crippen molar-refractivity contribution in [2.45, 2.75) is 52.7 Å². The number of carbonyl (C=O) groups excluding carboxylic acids is 1. The van der Waals surface area contributed by atoms with Gasteiger partial charge in [0.05, 0.1) is 19.6 Å². The lowest BCUT2D eigenvalue weighted by Crippen LogP contribution is -2.42. The number of nitrogens with zero attached hydrogens (tertiary/aromatic N) is 5. The third kappa shape index (κ3) is 4.28. The van der Waals surface area contributed by atoms with E-state index in [9.17, 15) is 4.79 Å². The summed E-state index contributed by atoms with van der Waals surface area (Å²) in [6.07, 6.45) is 2.21. The Hall–Kier alpha value is -2.15. The minimum atomic E-state index is 0.118. The minimum Gasteiger partial charge on any atom is -0.464 e. The minimum absolute atomic E-state index is 0.118. The highest BCUT2D eigenvalue weighted by Gasteiger charge is 2.28. The molecule has 2 aromatic rings. The van der Waals surface area contributed by atoms with Crippen molar-refractivity contribution in [1.29, 1.82) is 0 Å². The molecule has 1 aliphatic rings. The van der Waals surface area contributed by atoms with E-state index in [4.69, 9.17) is 4.42 Å². The summed E-state index contributed by atoms with van der Waals surface area (Å²) in [5.74, 6) is 3.54. The summed E-state index contributed by atoms with van der Waals surface area (Å²) in [7, 11) is 1.83. The molecule has 0 saturated carbocycles. The first-order valence-electron chi connectivity index (χ1n) is 8.84. The molecule has 1 fully saturated rings. The lowest BCUT2D eigenvalue weighted by molar-refractivity contribution is -0.132. The van der Waals surface area contributed by atoms with Crippen LogP contribution in [0.3, 0.4) is 0 Å². The Morgan fingerprint density at radius 3 is 2.80 bits per heavy atom. The topological polar surface area (TPSA) is 67.4 Å². The van der Waals surface area contributed by atoms with Gasteiger partial charge in [-0.25, -0.2) is 9.67 Å². The Labute approximate surface area is 148 Å². The zero-order valence-electron chi connectivity index (χ0n) is 15.5. The third-order valence-corrected chi connectivity index (χ3v) is 4.80. The number of aryl methyl sites for hydroxylation is 3. The molecule has 0 spiro atoms. The summed E-state index contributed by atoms with van der Waals surface area (Å²) in [6, 6.07) is 4.18. The number of amides is 1. The summed E-state index contributed by atoms with van der Waals surface area (Å²) >= 11 is 0. The molecule has 0 N–H and O–H groups in total. The van der Waals surface area contributed by atoms with E-state index in [-0.39, 0.29) is 5.91 Å². The highest BCUT2D eigenvalue weighted by molar-refractivity contribution is 5.78. The number of rotatable bonds is 6. The number of aromatic nitrogens is 3. The van der Waals surface area contributed by atoms with E-state index >= 15 is 0 Å². The molecule has 1 amide bonds. The number of hydrogen-bond acceptors (Lipinski definition) is 5. The maximum atomic E-state index is 12.6. The van der Waals surface area contributed by atoms with Gasteiger partial charge in [-0.2, -0.15) is 5.10 Å². The Morgan fingerprint density at radius 1 is 1.36 bits per heavy atom. The van der Waals surface area contributed by atoms with E-state index in [1.807, 2.05) is 44.6 Å². The van der Waals surface area contributed by atoms with Crippen molar-refractivity contribution in [3.8, 4) is 0 Å².